The van der Waals surface area contributed by atoms with Crippen LogP contribution in [0.4, 0.5) is 9.59 Å². The number of benzene rings is 4. The topological polar surface area (TPSA) is 249 Å². The number of carbonyl (C=O) groups excluding carboxylic acids is 8. The molecule has 0 bridgehead atoms. The number of rotatable bonds is 27. The average Bonchev–Trinajstić information content (AvgIpc) is 1.71. The van der Waals surface area contributed by atoms with E-state index < -0.39 is 103 Å². The van der Waals surface area contributed by atoms with E-state index in [0.717, 1.165) is 11.6 Å². The maximum absolute atomic E-state index is 14.9. The fraction of sp³-hybridized carbons (Fsp3) is 0.469. The summed E-state index contributed by atoms with van der Waals surface area (Å²) in [6, 6.07) is 26.0. The molecule has 4 aromatic carbocycles. The molecule has 470 valence electrons. The van der Waals surface area contributed by atoms with Gasteiger partial charge in [0.1, 0.15) is 48.4 Å². The van der Waals surface area contributed by atoms with Crippen molar-refractivity contribution in [2.24, 2.45) is 0 Å². The van der Waals surface area contributed by atoms with E-state index in [0.29, 0.717) is 45.3 Å². The van der Waals surface area contributed by atoms with Crippen molar-refractivity contribution in [3.8, 4) is 5.75 Å². The molecule has 0 aliphatic carbocycles. The van der Waals surface area contributed by atoms with Gasteiger partial charge in [0, 0.05) is 62.7 Å². The Hall–Kier alpha value is -7.46. The molecule has 0 radical (unpaired) electrons. The number of amides is 7. The summed E-state index contributed by atoms with van der Waals surface area (Å²) >= 11 is 12.8. The van der Waals surface area contributed by atoms with Crippen LogP contribution in [0.2, 0.25) is 35.7 Å². The van der Waals surface area contributed by atoms with Gasteiger partial charge >= 0.3 is 18.2 Å². The Morgan fingerprint density at radius 3 is 2.05 bits per heavy atom. The van der Waals surface area contributed by atoms with Crippen LogP contribution in [-0.4, -0.2) is 139 Å². The minimum atomic E-state index is -1.51. The third-order valence-electron chi connectivity index (χ3n) is 14.3. The second-order valence-electron chi connectivity index (χ2n) is 24.3. The molecular formula is C64H83Cl2N7O13Si. The molecule has 0 spiro atoms. The van der Waals surface area contributed by atoms with Gasteiger partial charge in [0.25, 0.3) is 5.91 Å². The molecule has 2 saturated heterocycles. The molecule has 0 aromatic heterocycles. The van der Waals surface area contributed by atoms with E-state index in [4.69, 9.17) is 46.9 Å². The number of likely N-dealkylation sites (tertiary alicyclic amines) is 1. The molecule has 87 heavy (non-hydrogen) atoms. The SMILES string of the molecule is CC(=O)N[C@@H](CNC(=O)/C=C/[C@H](Cc1ccc(OCc2c(Cl)cccc2Cl)cc1)NC(=O)[C@@H](Cc1ccccc1)NC(=O)[C@@H]1OC(C)(C)N(C(=O)OC(C)(C)C)[C@H]1CCCNC(=O)OCc1ccccc1)C(=O)N1CCC[C@H]1C(=O)OCC[Si](C)(C)C. The molecule has 2 aliphatic rings. The fourth-order valence-corrected chi connectivity index (χ4v) is 11.2. The summed E-state index contributed by atoms with van der Waals surface area (Å²) in [7, 11) is -1.51. The molecule has 0 unspecified atom stereocenters. The van der Waals surface area contributed by atoms with E-state index in [-0.39, 0.29) is 65.1 Å². The van der Waals surface area contributed by atoms with Gasteiger partial charge in [-0.05, 0) is 114 Å². The van der Waals surface area contributed by atoms with Gasteiger partial charge in [0.05, 0.1) is 18.7 Å². The Morgan fingerprint density at radius 2 is 1.41 bits per heavy atom. The van der Waals surface area contributed by atoms with Crippen molar-refractivity contribution in [2.45, 2.75) is 167 Å². The van der Waals surface area contributed by atoms with Gasteiger partial charge < -0.3 is 55.2 Å². The summed E-state index contributed by atoms with van der Waals surface area (Å²) < 4.78 is 29.3. The zero-order valence-electron chi connectivity index (χ0n) is 51.1. The highest BCUT2D eigenvalue weighted by Gasteiger charge is 2.54. The van der Waals surface area contributed by atoms with Crippen molar-refractivity contribution in [1.82, 2.24) is 36.4 Å². The van der Waals surface area contributed by atoms with Crippen LogP contribution in [0.1, 0.15) is 89.5 Å². The number of nitrogens with one attached hydrogen (secondary N) is 5. The maximum atomic E-state index is 14.9. The second kappa shape index (κ2) is 32.0. The number of alkyl carbamates (subject to hydrolysis) is 1. The van der Waals surface area contributed by atoms with Crippen LogP contribution in [-0.2, 0) is 73.8 Å². The number of nitrogens with zero attached hydrogens (tertiary/aromatic N) is 2. The number of halogens is 2. The minimum absolute atomic E-state index is 0.00895. The van der Waals surface area contributed by atoms with E-state index >= 15 is 0 Å². The Bertz CT molecular complexity index is 3010. The molecule has 6 rings (SSSR count). The number of ether oxygens (including phenoxy) is 5. The molecule has 5 N–H and O–H groups in total. The van der Waals surface area contributed by atoms with E-state index in [1.54, 1.807) is 89.2 Å². The maximum Gasteiger partial charge on any atom is 0.412 e. The summed E-state index contributed by atoms with van der Waals surface area (Å²) in [5.74, 6) is -3.10. The Morgan fingerprint density at radius 1 is 0.770 bits per heavy atom. The van der Waals surface area contributed by atoms with Crippen molar-refractivity contribution < 1.29 is 62.0 Å². The lowest BCUT2D eigenvalue weighted by molar-refractivity contribution is -0.153. The third-order valence-corrected chi connectivity index (χ3v) is 16.7. The summed E-state index contributed by atoms with van der Waals surface area (Å²) in [5.41, 5.74) is 0.540. The van der Waals surface area contributed by atoms with Gasteiger partial charge in [-0.25, -0.2) is 14.4 Å². The smallest absolute Gasteiger partial charge is 0.412 e. The monoisotopic (exact) mass is 1260 g/mol. The number of hydrogen-bond donors (Lipinski definition) is 5. The van der Waals surface area contributed by atoms with Crippen molar-refractivity contribution in [3.63, 3.8) is 0 Å². The predicted octanol–water partition coefficient (Wildman–Crippen LogP) is 8.82. The summed E-state index contributed by atoms with van der Waals surface area (Å²) in [6.07, 6.45) is 1.49. The molecular weight excluding hydrogens is 1170 g/mol. The van der Waals surface area contributed by atoms with Gasteiger partial charge in [-0.2, -0.15) is 0 Å². The van der Waals surface area contributed by atoms with Crippen LogP contribution < -0.4 is 31.3 Å². The zero-order chi connectivity index (χ0) is 63.5. The number of carbonyl (C=O) groups is 8. The molecule has 23 heteroatoms. The minimum Gasteiger partial charge on any atom is -0.489 e. The van der Waals surface area contributed by atoms with Crippen molar-refractivity contribution >= 4 is 79.0 Å². The zero-order valence-corrected chi connectivity index (χ0v) is 53.6. The van der Waals surface area contributed by atoms with E-state index in [9.17, 15) is 38.4 Å². The normalized spacial score (nSPS) is 17.5. The third kappa shape index (κ3) is 22.0. The molecule has 2 aliphatic heterocycles. The van der Waals surface area contributed by atoms with Crippen LogP contribution >= 0.6 is 23.2 Å². The highest BCUT2D eigenvalue weighted by Crippen LogP contribution is 2.36. The lowest BCUT2D eigenvalue weighted by Gasteiger charge is -2.35. The summed E-state index contributed by atoms with van der Waals surface area (Å²) in [5, 5.41) is 14.9. The Kier molecular flexibility index (Phi) is 25.2. The van der Waals surface area contributed by atoms with Gasteiger partial charge in [0.2, 0.25) is 23.6 Å². The highest BCUT2D eigenvalue weighted by atomic mass is 35.5. The molecule has 6 atom stereocenters. The van der Waals surface area contributed by atoms with Crippen molar-refractivity contribution in [1.29, 1.82) is 0 Å². The first-order valence-corrected chi connectivity index (χ1v) is 33.8. The highest BCUT2D eigenvalue weighted by molar-refractivity contribution is 6.76. The van der Waals surface area contributed by atoms with Crippen LogP contribution in [0.3, 0.4) is 0 Å². The van der Waals surface area contributed by atoms with E-state index in [1.807, 2.05) is 48.5 Å². The first-order valence-electron chi connectivity index (χ1n) is 29.3. The van der Waals surface area contributed by atoms with Crippen molar-refractivity contribution in [3.05, 3.63) is 148 Å². The van der Waals surface area contributed by atoms with E-state index in [2.05, 4.69) is 46.2 Å². The summed E-state index contributed by atoms with van der Waals surface area (Å²) in [6.45, 7) is 16.7. The van der Waals surface area contributed by atoms with Crippen LogP contribution in [0.25, 0.3) is 0 Å². The van der Waals surface area contributed by atoms with Crippen molar-refractivity contribution in [2.75, 3.05) is 26.2 Å². The van der Waals surface area contributed by atoms with Gasteiger partial charge in [-0.3, -0.25) is 28.9 Å². The Labute approximate surface area is 521 Å². The first kappa shape index (κ1) is 68.6. The molecule has 2 heterocycles. The molecule has 20 nitrogen and oxygen atoms in total. The lowest BCUT2D eigenvalue weighted by atomic mass is 10.0. The molecule has 0 saturated carbocycles. The van der Waals surface area contributed by atoms with Crippen LogP contribution in [0.15, 0.2) is 115 Å². The van der Waals surface area contributed by atoms with Crippen LogP contribution in [0.5, 0.6) is 5.75 Å². The largest absolute Gasteiger partial charge is 0.489 e. The number of esters is 1. The second-order valence-corrected chi connectivity index (χ2v) is 30.7. The predicted molar refractivity (Wildman–Crippen MR) is 333 cm³/mol. The quantitative estimate of drug-likeness (QED) is 0.0123. The first-order chi connectivity index (χ1) is 41.2. The molecule has 2 fully saturated rings. The fourth-order valence-electron chi connectivity index (χ4n) is 9.94. The Balaban J connectivity index is 1.23. The molecule has 4 aromatic rings. The molecule has 7 amide bonds. The summed E-state index contributed by atoms with van der Waals surface area (Å²) in [4.78, 5) is 113. The van der Waals surface area contributed by atoms with Gasteiger partial charge in [-0.1, -0.05) is 128 Å². The standard InChI is InChI=1S/C64H83Cl2N7O13Si/c1-42(74)69-52(59(78)72-34-18-26-54(72)60(79)82-35-36-87(7,8)9)39-68-55(75)32-29-46(37-44-27-30-47(31-28-44)83-41-48-49(65)23-16-24-50(48)66)70-57(76)51(38-43-19-12-10-13-20-43)71-58(77)56-53(73(64(5,6)85-56)62(81)86-63(2,3)4)25-17-33-67-61(80)84-40-45-21-14-11-15-22-45/h10-16,19-24,27-32,46,51-54,56H,17-18,25-26,33-41H2,1-9H3,(H,67,80)(H,68,75)(H,69,74)(H,70,76)(H,71,77)/b32-29+/t46-,51-,52+,53+,54+,56-/m1/s1. The van der Waals surface area contributed by atoms with Gasteiger partial charge in [0.15, 0.2) is 6.10 Å². The van der Waals surface area contributed by atoms with Gasteiger partial charge in [-0.15, -0.1) is 0 Å². The van der Waals surface area contributed by atoms with Crippen LogP contribution in [0, 0.1) is 0 Å². The number of hydrogen-bond acceptors (Lipinski definition) is 13. The lowest BCUT2D eigenvalue weighted by Crippen LogP contribution is -2.55. The van der Waals surface area contributed by atoms with E-state index in [1.165, 1.54) is 28.9 Å². The average molecular weight is 1260 g/mol.